The fourth-order valence-electron chi connectivity index (χ4n) is 1.16. The lowest BCUT2D eigenvalue weighted by atomic mass is 9.97. The molecule has 1 N–H and O–H groups in total. The van der Waals surface area contributed by atoms with Crippen LogP contribution in [0.3, 0.4) is 0 Å². The summed E-state index contributed by atoms with van der Waals surface area (Å²) in [4.78, 5) is 4.47. The number of hydrogen-bond donors (Lipinski definition) is 1. The van der Waals surface area contributed by atoms with Crippen molar-refractivity contribution in [1.29, 1.82) is 0 Å². The van der Waals surface area contributed by atoms with Gasteiger partial charge in [-0.25, -0.2) is 0 Å². The van der Waals surface area contributed by atoms with Gasteiger partial charge in [0.2, 0.25) is 0 Å². The van der Waals surface area contributed by atoms with Crippen LogP contribution >= 0.6 is 11.8 Å². The summed E-state index contributed by atoms with van der Waals surface area (Å²) in [5, 5.41) is 4.26. The van der Waals surface area contributed by atoms with Gasteiger partial charge < -0.3 is 5.32 Å². The first kappa shape index (κ1) is 13.0. The van der Waals surface area contributed by atoms with Gasteiger partial charge in [-0.3, -0.25) is 9.20 Å². The van der Waals surface area contributed by atoms with E-state index in [1.807, 2.05) is 6.92 Å². The molecule has 0 saturated carbocycles. The summed E-state index contributed by atoms with van der Waals surface area (Å²) < 4.78 is 11.2. The van der Waals surface area contributed by atoms with Gasteiger partial charge in [0.1, 0.15) is 0 Å². The molecular formula is C10H20N2OS2. The number of nitrogens with one attached hydrogen (secondary N) is 1. The number of thioether (sulfide) groups is 1. The van der Waals surface area contributed by atoms with Crippen LogP contribution < -0.4 is 5.32 Å². The van der Waals surface area contributed by atoms with E-state index in [1.165, 1.54) is 0 Å². The molecule has 0 saturated heterocycles. The van der Waals surface area contributed by atoms with Crippen molar-refractivity contribution in [3.05, 3.63) is 0 Å². The number of aliphatic imine (C=N–C) groups is 1. The van der Waals surface area contributed by atoms with Crippen LogP contribution in [0.4, 0.5) is 0 Å². The molecule has 0 amide bonds. The average Bonchev–Trinajstić information content (AvgIpc) is 2.20. The van der Waals surface area contributed by atoms with Gasteiger partial charge in [-0.15, -0.1) is 0 Å². The Morgan fingerprint density at radius 3 is 2.87 bits per heavy atom. The molecule has 1 aliphatic heterocycles. The van der Waals surface area contributed by atoms with Crippen molar-refractivity contribution in [2.24, 2.45) is 10.4 Å². The van der Waals surface area contributed by atoms with E-state index in [0.717, 1.165) is 35.5 Å². The van der Waals surface area contributed by atoms with Crippen LogP contribution in [-0.4, -0.2) is 39.7 Å². The third-order valence-corrected chi connectivity index (χ3v) is 4.95. The summed E-state index contributed by atoms with van der Waals surface area (Å²) in [6, 6.07) is 0. The first-order valence-corrected chi connectivity index (χ1v) is 7.77. The molecule has 1 atom stereocenters. The number of nitrogens with zero attached hydrogens (tertiary/aromatic N) is 1. The summed E-state index contributed by atoms with van der Waals surface area (Å²) in [6.07, 6.45) is 0. The molecular weight excluding hydrogens is 228 g/mol. The summed E-state index contributed by atoms with van der Waals surface area (Å²) in [6.45, 7) is 8.07. The molecule has 0 radical (unpaired) electrons. The highest BCUT2D eigenvalue weighted by atomic mass is 32.2. The largest absolute Gasteiger partial charge is 0.364 e. The van der Waals surface area contributed by atoms with Gasteiger partial charge in [0.25, 0.3) is 0 Å². The van der Waals surface area contributed by atoms with Gasteiger partial charge in [0.15, 0.2) is 5.17 Å². The van der Waals surface area contributed by atoms with Crippen LogP contribution in [0.15, 0.2) is 4.99 Å². The second-order valence-corrected chi connectivity index (χ2v) is 7.26. The zero-order valence-electron chi connectivity index (χ0n) is 9.71. The molecule has 1 rings (SSSR count). The highest BCUT2D eigenvalue weighted by Crippen LogP contribution is 2.26. The van der Waals surface area contributed by atoms with Crippen LogP contribution in [0.2, 0.25) is 0 Å². The summed E-state index contributed by atoms with van der Waals surface area (Å²) in [5.41, 5.74) is 0.322. The average molecular weight is 248 g/mol. The van der Waals surface area contributed by atoms with Gasteiger partial charge >= 0.3 is 0 Å². The summed E-state index contributed by atoms with van der Waals surface area (Å²) in [5.74, 6) is 2.57. The van der Waals surface area contributed by atoms with Gasteiger partial charge in [-0.1, -0.05) is 32.5 Å². The third kappa shape index (κ3) is 5.02. The second-order valence-electron chi connectivity index (χ2n) is 4.43. The van der Waals surface area contributed by atoms with Gasteiger partial charge in [0.05, 0.1) is 0 Å². The fourth-order valence-corrected chi connectivity index (χ4v) is 2.76. The van der Waals surface area contributed by atoms with Crippen molar-refractivity contribution in [3.8, 4) is 0 Å². The monoisotopic (exact) mass is 248 g/mol. The molecule has 1 heterocycles. The topological polar surface area (TPSA) is 41.5 Å². The molecule has 0 aromatic carbocycles. The van der Waals surface area contributed by atoms with E-state index in [1.54, 1.807) is 11.8 Å². The van der Waals surface area contributed by atoms with Crippen molar-refractivity contribution in [3.63, 3.8) is 0 Å². The molecule has 88 valence electrons. The predicted octanol–water partition coefficient (Wildman–Crippen LogP) is 1.47. The number of amidine groups is 1. The molecule has 0 aromatic heterocycles. The van der Waals surface area contributed by atoms with Crippen molar-refractivity contribution in [1.82, 2.24) is 5.32 Å². The van der Waals surface area contributed by atoms with E-state index in [2.05, 4.69) is 24.2 Å². The van der Waals surface area contributed by atoms with Crippen LogP contribution in [0.1, 0.15) is 20.8 Å². The number of rotatable bonds is 4. The fraction of sp³-hybridized carbons (Fsp3) is 0.900. The predicted molar refractivity (Wildman–Crippen MR) is 70.1 cm³/mol. The molecule has 1 unspecified atom stereocenters. The lowest BCUT2D eigenvalue weighted by molar-refractivity contribution is 0.437. The SMILES string of the molecule is CCS(=O)CCNC1=NCC(C)(C)CS1. The van der Waals surface area contributed by atoms with E-state index in [9.17, 15) is 4.21 Å². The quantitative estimate of drug-likeness (QED) is 0.819. The Bertz CT molecular complexity index is 264. The minimum absolute atomic E-state index is 0.322. The lowest BCUT2D eigenvalue weighted by Gasteiger charge is -2.27. The maximum absolute atomic E-state index is 11.2. The highest BCUT2D eigenvalue weighted by Gasteiger charge is 2.22. The van der Waals surface area contributed by atoms with Crippen molar-refractivity contribution in [2.75, 3.05) is 30.3 Å². The van der Waals surface area contributed by atoms with Gasteiger partial charge in [-0.2, -0.15) is 0 Å². The lowest BCUT2D eigenvalue weighted by Crippen LogP contribution is -2.33. The maximum Gasteiger partial charge on any atom is 0.156 e. The van der Waals surface area contributed by atoms with E-state index in [4.69, 9.17) is 0 Å². The third-order valence-electron chi connectivity index (χ3n) is 2.18. The molecule has 0 bridgehead atoms. The summed E-state index contributed by atoms with van der Waals surface area (Å²) >= 11 is 1.77. The van der Waals surface area contributed by atoms with Crippen LogP contribution in [0.5, 0.6) is 0 Å². The summed E-state index contributed by atoms with van der Waals surface area (Å²) in [7, 11) is -0.673. The minimum atomic E-state index is -0.673. The van der Waals surface area contributed by atoms with Crippen molar-refractivity contribution in [2.45, 2.75) is 20.8 Å². The first-order chi connectivity index (χ1) is 7.03. The minimum Gasteiger partial charge on any atom is -0.364 e. The number of hydrogen-bond acceptors (Lipinski definition) is 4. The maximum atomic E-state index is 11.2. The van der Waals surface area contributed by atoms with Gasteiger partial charge in [-0.05, 0) is 5.41 Å². The highest BCUT2D eigenvalue weighted by molar-refractivity contribution is 8.13. The Morgan fingerprint density at radius 2 is 2.33 bits per heavy atom. The smallest absolute Gasteiger partial charge is 0.156 e. The molecule has 0 spiro atoms. The van der Waals surface area contributed by atoms with Crippen LogP contribution in [-0.2, 0) is 10.8 Å². The van der Waals surface area contributed by atoms with E-state index < -0.39 is 10.8 Å². The van der Waals surface area contributed by atoms with E-state index in [-0.39, 0.29) is 0 Å². The van der Waals surface area contributed by atoms with E-state index >= 15 is 0 Å². The Hall–Kier alpha value is -0.0300. The second kappa shape index (κ2) is 5.89. The zero-order chi connectivity index (χ0) is 11.3. The zero-order valence-corrected chi connectivity index (χ0v) is 11.3. The Morgan fingerprint density at radius 1 is 1.60 bits per heavy atom. The van der Waals surface area contributed by atoms with Crippen molar-refractivity contribution >= 4 is 27.7 Å². The molecule has 0 aliphatic carbocycles. The van der Waals surface area contributed by atoms with Crippen molar-refractivity contribution < 1.29 is 4.21 Å². The molecule has 1 aliphatic rings. The molecule has 5 heteroatoms. The molecule has 15 heavy (non-hydrogen) atoms. The normalized spacial score (nSPS) is 21.9. The molecule has 3 nitrogen and oxygen atoms in total. The van der Waals surface area contributed by atoms with Crippen LogP contribution in [0.25, 0.3) is 0 Å². The Balaban J connectivity index is 2.23. The first-order valence-electron chi connectivity index (χ1n) is 5.29. The molecule has 0 aromatic rings. The molecule has 0 fully saturated rings. The Kier molecular flexibility index (Phi) is 5.12. The van der Waals surface area contributed by atoms with Gasteiger partial charge in [0, 0.05) is 41.1 Å². The van der Waals surface area contributed by atoms with Crippen LogP contribution in [0, 0.1) is 5.41 Å². The standard InChI is InChI=1S/C10H20N2OS2/c1-4-15(13)6-5-11-9-12-7-10(2,3)8-14-9/h4-8H2,1-3H3,(H,11,12). The van der Waals surface area contributed by atoms with E-state index in [0.29, 0.717) is 5.41 Å². The Labute approximate surface area is 99.0 Å².